The largest absolute Gasteiger partial charge is 0.394 e. The van der Waals surface area contributed by atoms with Crippen molar-refractivity contribution in [3.8, 4) is 12.3 Å². The molecule has 0 aromatic carbocycles. The molecule has 2 saturated carbocycles. The second-order valence-corrected chi connectivity index (χ2v) is 27.4. The van der Waals surface area contributed by atoms with Gasteiger partial charge in [0.2, 0.25) is 65.0 Å². The number of terminal acetylenes is 1. The SMILES string of the molecule is C#CC[C@@H]1NC(=O)[C@H](CC(C)C)N(C)C(=O)C[C@@H](C)NC(=O)[C@H](CC(C)C)N(C)C(=O)C(C)(C)NC(=O)[C@H](CC(C)C)N(C)C(=O)[C@H](CCC2CCC(C(F)(F)F)C(F)C2)NC(=O)CN(C)C(=O)[C@H](CC2CCCCC2)N(C)C(=O)CN(C)C(=O)CN(C)C1=O. The molecule has 22 nitrogen and oxygen atoms in total. The number of nitrogens with one attached hydrogen (secondary N) is 4. The Morgan fingerprint density at radius 2 is 1.07 bits per heavy atom. The molecule has 4 N–H and O–H groups in total. The average molecular weight is 1280 g/mol. The van der Waals surface area contributed by atoms with Crippen LogP contribution in [-0.2, 0) is 52.7 Å². The van der Waals surface area contributed by atoms with E-state index >= 15 is 4.39 Å². The van der Waals surface area contributed by atoms with Crippen molar-refractivity contribution in [3.05, 3.63) is 0 Å². The van der Waals surface area contributed by atoms with Crippen LogP contribution in [0.1, 0.15) is 165 Å². The zero-order chi connectivity index (χ0) is 68.4. The van der Waals surface area contributed by atoms with Crippen molar-refractivity contribution < 1.29 is 70.3 Å². The van der Waals surface area contributed by atoms with E-state index in [-0.39, 0.29) is 81.5 Å². The fourth-order valence-corrected chi connectivity index (χ4v) is 12.3. The summed E-state index contributed by atoms with van der Waals surface area (Å²) in [5, 5.41) is 11.0. The molecule has 1 saturated heterocycles. The topological polar surface area (TPSA) is 259 Å². The molecule has 3 aliphatic rings. The minimum atomic E-state index is -4.75. The number of alkyl halides is 4. The maximum absolute atomic E-state index is 15.2. The summed E-state index contributed by atoms with van der Waals surface area (Å²) < 4.78 is 56.4. The van der Waals surface area contributed by atoms with Crippen LogP contribution in [0, 0.1) is 47.9 Å². The minimum Gasteiger partial charge on any atom is -0.351 e. The maximum Gasteiger partial charge on any atom is 0.394 e. The molecule has 3 fully saturated rings. The quantitative estimate of drug-likeness (QED) is 0.154. The highest BCUT2D eigenvalue weighted by molar-refractivity contribution is 5.98. The number of carbonyl (C=O) groups is 11. The summed E-state index contributed by atoms with van der Waals surface area (Å²) in [6.45, 7) is 13.6. The van der Waals surface area contributed by atoms with Crippen LogP contribution < -0.4 is 21.3 Å². The fourth-order valence-electron chi connectivity index (χ4n) is 12.3. The third-order valence-electron chi connectivity index (χ3n) is 17.8. The summed E-state index contributed by atoms with van der Waals surface area (Å²) in [5.74, 6) is -8.65. The van der Waals surface area contributed by atoms with Gasteiger partial charge in [0.15, 0.2) is 0 Å². The molecule has 11 amide bonds. The van der Waals surface area contributed by atoms with Gasteiger partial charge >= 0.3 is 6.18 Å². The number of likely N-dealkylation sites (N-methyl/N-ethyl adjacent to an activating group) is 7. The molecule has 3 rings (SSSR count). The third kappa shape index (κ3) is 23.0. The van der Waals surface area contributed by atoms with Crippen molar-refractivity contribution in [1.82, 2.24) is 55.6 Å². The summed E-state index contributed by atoms with van der Waals surface area (Å²) in [6.07, 6.45) is 1.82. The van der Waals surface area contributed by atoms with Gasteiger partial charge in [-0.1, -0.05) is 73.6 Å². The molecule has 3 unspecified atom stereocenters. The molecular formula is C64H105F4N11O11. The lowest BCUT2D eigenvalue weighted by atomic mass is 9.78. The summed E-state index contributed by atoms with van der Waals surface area (Å²) in [5.41, 5.74) is -1.74. The molecule has 0 aromatic heterocycles. The normalized spacial score (nSPS) is 28.1. The molecule has 0 spiro atoms. The Hall–Kier alpha value is -6.55. The van der Waals surface area contributed by atoms with E-state index in [0.29, 0.717) is 0 Å². The van der Waals surface area contributed by atoms with Crippen molar-refractivity contribution in [1.29, 1.82) is 0 Å². The lowest BCUT2D eigenvalue weighted by Gasteiger charge is -2.38. The first-order chi connectivity index (χ1) is 41.7. The zero-order valence-electron chi connectivity index (χ0n) is 56.2. The number of hydrogen-bond donors (Lipinski definition) is 4. The van der Waals surface area contributed by atoms with Gasteiger partial charge in [-0.05, 0) is 108 Å². The zero-order valence-corrected chi connectivity index (χ0v) is 56.2. The molecule has 510 valence electrons. The average Bonchev–Trinajstić information content (AvgIpc) is 2.89. The van der Waals surface area contributed by atoms with E-state index in [9.17, 15) is 65.9 Å². The molecule has 26 heteroatoms. The number of amides is 11. The van der Waals surface area contributed by atoms with Crippen molar-refractivity contribution in [3.63, 3.8) is 0 Å². The molecular weight excluding hydrogens is 1170 g/mol. The van der Waals surface area contributed by atoms with Crippen molar-refractivity contribution in [2.24, 2.45) is 35.5 Å². The van der Waals surface area contributed by atoms with Gasteiger partial charge in [-0.2, -0.15) is 13.2 Å². The third-order valence-corrected chi connectivity index (χ3v) is 17.8. The Bertz CT molecular complexity index is 2560. The summed E-state index contributed by atoms with van der Waals surface area (Å²) >= 11 is 0. The van der Waals surface area contributed by atoms with Gasteiger partial charge in [0.1, 0.15) is 48.0 Å². The van der Waals surface area contributed by atoms with Crippen LogP contribution in [0.2, 0.25) is 0 Å². The van der Waals surface area contributed by atoms with Crippen LogP contribution in [0.25, 0.3) is 0 Å². The van der Waals surface area contributed by atoms with Gasteiger partial charge in [0.05, 0.1) is 25.6 Å². The molecule has 0 aromatic rings. The summed E-state index contributed by atoms with van der Waals surface area (Å²) in [6, 6.07) is -8.37. The Labute approximate surface area is 531 Å². The molecule has 10 atom stereocenters. The Balaban J connectivity index is 2.18. The predicted octanol–water partition coefficient (Wildman–Crippen LogP) is 4.67. The van der Waals surface area contributed by atoms with E-state index in [1.807, 2.05) is 27.7 Å². The fraction of sp³-hybridized carbons (Fsp3) is 0.797. The first kappa shape index (κ1) is 77.7. The maximum atomic E-state index is 15.2. The minimum absolute atomic E-state index is 0.000360. The standard InChI is InChI=1S/C64H105F4N11O11/c1-18-22-46-59(87)75(13)36-54(82)73(11)37-55(83)77(15)51(34-42-23-20-19-21-24-42)61(89)74(12)35-52(80)70-47(28-26-43-25-27-44(45(65)33-43)64(66,67)68)60(88)78(16)50(31-40(6)7)58(86)72-63(9,10)62(90)79(17)49(30-39(4)5)56(84)69-41(8)32-53(81)76(14)48(29-38(2)3)57(85)71-46/h1,38-51H,19-37H2,2-17H3,(H,69,84)(H,70,80)(H,71,85)(H,72,86)/t41-,43?,44?,45?,46+,47+,48+,49+,50+,51+/m1/s1. The molecule has 0 radical (unpaired) electrons. The van der Waals surface area contributed by atoms with Crippen molar-refractivity contribution in [2.75, 3.05) is 69.0 Å². The highest BCUT2D eigenvalue weighted by atomic mass is 19.4. The number of carbonyl (C=O) groups excluding carboxylic acids is 11. The van der Waals surface area contributed by atoms with Crippen LogP contribution >= 0.6 is 0 Å². The first-order valence-electron chi connectivity index (χ1n) is 31.9. The monoisotopic (exact) mass is 1280 g/mol. The second-order valence-electron chi connectivity index (χ2n) is 27.4. The molecule has 1 aliphatic heterocycles. The van der Waals surface area contributed by atoms with E-state index in [2.05, 4.69) is 27.2 Å². The predicted molar refractivity (Wildman–Crippen MR) is 331 cm³/mol. The Morgan fingerprint density at radius 3 is 1.60 bits per heavy atom. The number of hydrogen-bond acceptors (Lipinski definition) is 11. The smallest absolute Gasteiger partial charge is 0.351 e. The van der Waals surface area contributed by atoms with Crippen molar-refractivity contribution >= 4 is 65.0 Å². The molecule has 90 heavy (non-hydrogen) atoms. The summed E-state index contributed by atoms with van der Waals surface area (Å²) in [7, 11) is 9.56. The van der Waals surface area contributed by atoms with Crippen molar-refractivity contribution in [2.45, 2.75) is 225 Å². The van der Waals surface area contributed by atoms with Crippen LogP contribution in [0.15, 0.2) is 0 Å². The van der Waals surface area contributed by atoms with Crippen LogP contribution in [-0.4, -0.2) is 228 Å². The number of halogens is 4. The van der Waals surface area contributed by atoms with Crippen LogP contribution in [0.3, 0.4) is 0 Å². The molecule has 2 aliphatic carbocycles. The Morgan fingerprint density at radius 1 is 0.556 bits per heavy atom. The van der Waals surface area contributed by atoms with E-state index in [4.69, 9.17) is 6.42 Å². The van der Waals surface area contributed by atoms with E-state index < -0.39 is 169 Å². The van der Waals surface area contributed by atoms with Gasteiger partial charge in [0, 0.05) is 68.2 Å². The summed E-state index contributed by atoms with van der Waals surface area (Å²) in [4.78, 5) is 166. The highest BCUT2D eigenvalue weighted by Gasteiger charge is 2.48. The van der Waals surface area contributed by atoms with Gasteiger partial charge in [-0.25, -0.2) is 4.39 Å². The molecule has 1 heterocycles. The lowest BCUT2D eigenvalue weighted by Crippen LogP contribution is -2.63. The van der Waals surface area contributed by atoms with Gasteiger partial charge < -0.3 is 55.6 Å². The van der Waals surface area contributed by atoms with E-state index in [1.54, 1.807) is 20.8 Å². The van der Waals surface area contributed by atoms with E-state index in [0.717, 1.165) is 51.7 Å². The molecule has 0 bridgehead atoms. The number of rotatable bonds is 12. The van der Waals surface area contributed by atoms with Crippen LogP contribution in [0.5, 0.6) is 0 Å². The highest BCUT2D eigenvalue weighted by Crippen LogP contribution is 2.42. The van der Waals surface area contributed by atoms with Gasteiger partial charge in [-0.15, -0.1) is 12.3 Å². The number of nitrogens with zero attached hydrogens (tertiary/aromatic N) is 7. The van der Waals surface area contributed by atoms with Gasteiger partial charge in [0.25, 0.3) is 0 Å². The first-order valence-corrected chi connectivity index (χ1v) is 31.9. The lowest BCUT2D eigenvalue weighted by molar-refractivity contribution is -0.201. The van der Waals surface area contributed by atoms with E-state index in [1.165, 1.54) is 77.9 Å². The second kappa shape index (κ2) is 34.8. The van der Waals surface area contributed by atoms with Gasteiger partial charge in [-0.3, -0.25) is 52.7 Å². The Kier molecular flexibility index (Phi) is 30.0. The van der Waals surface area contributed by atoms with Crippen LogP contribution in [0.4, 0.5) is 17.6 Å².